The summed E-state index contributed by atoms with van der Waals surface area (Å²) in [5, 5.41) is 0. The second-order valence-corrected chi connectivity index (χ2v) is 4.32. The summed E-state index contributed by atoms with van der Waals surface area (Å²) in [6.45, 7) is 4.14. The first-order valence-electron chi connectivity index (χ1n) is 5.94. The van der Waals surface area contributed by atoms with Crippen molar-refractivity contribution < 1.29 is 4.74 Å². The van der Waals surface area contributed by atoms with E-state index in [1.54, 1.807) is 7.11 Å². The molecule has 0 aromatic heterocycles. The second-order valence-electron chi connectivity index (χ2n) is 4.32. The van der Waals surface area contributed by atoms with Crippen LogP contribution < -0.4 is 4.74 Å². The van der Waals surface area contributed by atoms with E-state index >= 15 is 0 Å². The minimum absolute atomic E-state index is 0.860. The molecule has 0 bridgehead atoms. The first-order chi connectivity index (χ1) is 8.69. The number of benzene rings is 2. The first-order valence-corrected chi connectivity index (χ1v) is 5.94. The zero-order valence-corrected chi connectivity index (χ0v) is 11.0. The summed E-state index contributed by atoms with van der Waals surface area (Å²) >= 11 is 0. The molecule has 0 fully saturated rings. The van der Waals surface area contributed by atoms with Gasteiger partial charge in [-0.15, -0.1) is 0 Å². The van der Waals surface area contributed by atoms with Crippen LogP contribution in [0.15, 0.2) is 47.5 Å². The smallest absolute Gasteiger partial charge is 0.118 e. The Hall–Kier alpha value is -2.09. The molecule has 18 heavy (non-hydrogen) atoms. The number of rotatable bonds is 3. The Balaban J connectivity index is 2.21. The van der Waals surface area contributed by atoms with Crippen molar-refractivity contribution in [3.63, 3.8) is 0 Å². The lowest BCUT2D eigenvalue weighted by atomic mass is 10.1. The van der Waals surface area contributed by atoms with E-state index in [2.05, 4.69) is 37.0 Å². The fourth-order valence-electron chi connectivity index (χ4n) is 1.69. The number of aryl methyl sites for hydroxylation is 2. The van der Waals surface area contributed by atoms with Crippen LogP contribution in [0.5, 0.6) is 5.75 Å². The highest BCUT2D eigenvalue weighted by Gasteiger charge is 1.96. The van der Waals surface area contributed by atoms with Gasteiger partial charge in [0, 0.05) is 6.21 Å². The Morgan fingerprint density at radius 1 is 1.00 bits per heavy atom. The van der Waals surface area contributed by atoms with Gasteiger partial charge >= 0.3 is 0 Å². The maximum absolute atomic E-state index is 5.12. The number of hydrogen-bond acceptors (Lipinski definition) is 2. The third-order valence-electron chi connectivity index (χ3n) is 2.83. The minimum atomic E-state index is 0.860. The Bertz CT molecular complexity index is 556. The molecule has 0 spiro atoms. The molecule has 92 valence electrons. The molecule has 2 nitrogen and oxygen atoms in total. The molecule has 2 aromatic rings. The number of hydrogen-bond donors (Lipinski definition) is 0. The third-order valence-corrected chi connectivity index (χ3v) is 2.83. The van der Waals surface area contributed by atoms with Crippen LogP contribution in [0.4, 0.5) is 5.69 Å². The standard InChI is InChI=1S/C16H17NO/c1-12-4-5-13(2)16(10-12)17-11-14-6-8-15(18-3)9-7-14/h4-11H,1-3H3. The van der Waals surface area contributed by atoms with Gasteiger partial charge in [0.1, 0.15) is 5.75 Å². The molecule has 0 radical (unpaired) electrons. The molecular weight excluding hydrogens is 222 g/mol. The number of methoxy groups -OCH3 is 1. The van der Waals surface area contributed by atoms with E-state index in [9.17, 15) is 0 Å². The Morgan fingerprint density at radius 2 is 1.72 bits per heavy atom. The van der Waals surface area contributed by atoms with Crippen LogP contribution >= 0.6 is 0 Å². The number of aliphatic imine (C=N–C) groups is 1. The van der Waals surface area contributed by atoms with E-state index in [1.807, 2.05) is 30.5 Å². The Kier molecular flexibility index (Phi) is 3.78. The summed E-state index contributed by atoms with van der Waals surface area (Å²) in [5.41, 5.74) is 4.50. The van der Waals surface area contributed by atoms with Gasteiger partial charge in [-0.05, 0) is 60.9 Å². The highest BCUT2D eigenvalue weighted by molar-refractivity contribution is 5.82. The second kappa shape index (κ2) is 5.50. The molecule has 0 saturated heterocycles. The summed E-state index contributed by atoms with van der Waals surface area (Å²) in [5.74, 6) is 0.860. The van der Waals surface area contributed by atoms with Gasteiger partial charge in [0.2, 0.25) is 0 Å². The monoisotopic (exact) mass is 239 g/mol. The largest absolute Gasteiger partial charge is 0.497 e. The molecule has 2 rings (SSSR count). The topological polar surface area (TPSA) is 21.6 Å². The quantitative estimate of drug-likeness (QED) is 0.740. The van der Waals surface area contributed by atoms with Crippen LogP contribution in [0, 0.1) is 13.8 Å². The molecule has 2 aromatic carbocycles. The van der Waals surface area contributed by atoms with Crippen molar-refractivity contribution in [2.24, 2.45) is 4.99 Å². The first kappa shape index (κ1) is 12.4. The molecule has 2 heteroatoms. The molecule has 0 aliphatic rings. The normalized spacial score (nSPS) is 10.8. The third kappa shape index (κ3) is 2.98. The number of nitrogens with zero attached hydrogens (tertiary/aromatic N) is 1. The van der Waals surface area contributed by atoms with Crippen LogP contribution in [-0.2, 0) is 0 Å². The summed E-state index contributed by atoms with van der Waals surface area (Å²) in [4.78, 5) is 4.53. The lowest BCUT2D eigenvalue weighted by molar-refractivity contribution is 0.415. The fourth-order valence-corrected chi connectivity index (χ4v) is 1.69. The van der Waals surface area contributed by atoms with Gasteiger partial charge in [-0.1, -0.05) is 12.1 Å². The predicted octanol–water partition coefficient (Wildman–Crippen LogP) is 4.06. The lowest BCUT2D eigenvalue weighted by Gasteiger charge is -2.02. The molecule has 0 atom stereocenters. The molecule has 0 aliphatic heterocycles. The predicted molar refractivity (Wildman–Crippen MR) is 76.2 cm³/mol. The molecule has 0 saturated carbocycles. The zero-order chi connectivity index (χ0) is 13.0. The van der Waals surface area contributed by atoms with Gasteiger partial charge in [-0.3, -0.25) is 4.99 Å². The van der Waals surface area contributed by atoms with Crippen molar-refractivity contribution >= 4 is 11.9 Å². The zero-order valence-electron chi connectivity index (χ0n) is 11.0. The van der Waals surface area contributed by atoms with Crippen LogP contribution in [0.25, 0.3) is 0 Å². The van der Waals surface area contributed by atoms with Gasteiger partial charge in [-0.25, -0.2) is 0 Å². The minimum Gasteiger partial charge on any atom is -0.497 e. The lowest BCUT2D eigenvalue weighted by Crippen LogP contribution is -1.85. The molecule has 0 amide bonds. The number of ether oxygens (including phenoxy) is 1. The highest BCUT2D eigenvalue weighted by atomic mass is 16.5. The van der Waals surface area contributed by atoms with Gasteiger partial charge in [0.25, 0.3) is 0 Å². The highest BCUT2D eigenvalue weighted by Crippen LogP contribution is 2.20. The van der Waals surface area contributed by atoms with E-state index in [0.717, 1.165) is 17.0 Å². The van der Waals surface area contributed by atoms with Gasteiger partial charge < -0.3 is 4.74 Å². The van der Waals surface area contributed by atoms with E-state index in [1.165, 1.54) is 11.1 Å². The van der Waals surface area contributed by atoms with Crippen LogP contribution in [0.1, 0.15) is 16.7 Å². The van der Waals surface area contributed by atoms with E-state index in [4.69, 9.17) is 4.74 Å². The molecule has 0 heterocycles. The molecule has 0 unspecified atom stereocenters. The summed E-state index contributed by atoms with van der Waals surface area (Å²) < 4.78 is 5.12. The maximum atomic E-state index is 5.12. The molecular formula is C16H17NO. The van der Waals surface area contributed by atoms with Gasteiger partial charge in [0.15, 0.2) is 0 Å². The van der Waals surface area contributed by atoms with Gasteiger partial charge in [-0.2, -0.15) is 0 Å². The van der Waals surface area contributed by atoms with Crippen LogP contribution in [0.2, 0.25) is 0 Å². The van der Waals surface area contributed by atoms with Crippen molar-refractivity contribution in [3.05, 3.63) is 59.2 Å². The average Bonchev–Trinajstić information content (AvgIpc) is 2.40. The van der Waals surface area contributed by atoms with Crippen LogP contribution in [0.3, 0.4) is 0 Å². The summed E-state index contributed by atoms with van der Waals surface area (Å²) in [6.07, 6.45) is 1.88. The molecule has 0 aliphatic carbocycles. The maximum Gasteiger partial charge on any atom is 0.118 e. The van der Waals surface area contributed by atoms with Crippen LogP contribution in [-0.4, -0.2) is 13.3 Å². The summed E-state index contributed by atoms with van der Waals surface area (Å²) in [6, 6.07) is 14.1. The Labute approximate surface area is 108 Å². The summed E-state index contributed by atoms with van der Waals surface area (Å²) in [7, 11) is 1.67. The van der Waals surface area contributed by atoms with Crippen molar-refractivity contribution in [1.29, 1.82) is 0 Å². The van der Waals surface area contributed by atoms with Crippen molar-refractivity contribution in [2.75, 3.05) is 7.11 Å². The van der Waals surface area contributed by atoms with E-state index < -0.39 is 0 Å². The van der Waals surface area contributed by atoms with Crippen molar-refractivity contribution in [2.45, 2.75) is 13.8 Å². The van der Waals surface area contributed by atoms with E-state index in [-0.39, 0.29) is 0 Å². The van der Waals surface area contributed by atoms with Crippen molar-refractivity contribution in [1.82, 2.24) is 0 Å². The fraction of sp³-hybridized carbons (Fsp3) is 0.188. The van der Waals surface area contributed by atoms with Gasteiger partial charge in [0.05, 0.1) is 12.8 Å². The van der Waals surface area contributed by atoms with Crippen molar-refractivity contribution in [3.8, 4) is 5.75 Å². The SMILES string of the molecule is COc1ccc(C=Nc2cc(C)ccc2C)cc1. The average molecular weight is 239 g/mol. The molecule has 0 N–H and O–H groups in total. The van der Waals surface area contributed by atoms with E-state index in [0.29, 0.717) is 0 Å². The Morgan fingerprint density at radius 3 is 2.39 bits per heavy atom.